The number of nitrogens with zero attached hydrogens (tertiary/aromatic N) is 4. The van der Waals surface area contributed by atoms with E-state index in [1.54, 1.807) is 43.3 Å². The highest BCUT2D eigenvalue weighted by molar-refractivity contribution is 6.35. The molecule has 1 aliphatic carbocycles. The van der Waals surface area contributed by atoms with Crippen LogP contribution >= 0.6 is 0 Å². The van der Waals surface area contributed by atoms with E-state index in [9.17, 15) is 14.0 Å². The number of benzene rings is 1. The summed E-state index contributed by atoms with van der Waals surface area (Å²) in [5, 5.41) is 3.97. The van der Waals surface area contributed by atoms with Crippen LogP contribution in [0.5, 0.6) is 0 Å². The minimum Gasteiger partial charge on any atom is -0.371 e. The Morgan fingerprint density at radius 3 is 2.57 bits per heavy atom. The molecule has 11 heteroatoms. The average molecular weight is 499 g/mol. The second kappa shape index (κ2) is 8.97. The van der Waals surface area contributed by atoms with Gasteiger partial charge >= 0.3 is 0 Å². The Bertz CT molecular complexity index is 1460. The zero-order chi connectivity index (χ0) is 26.7. The second-order valence-electron chi connectivity index (χ2n) is 10.2. The molecule has 1 amide bonds. The van der Waals surface area contributed by atoms with E-state index in [2.05, 4.69) is 15.3 Å². The molecule has 188 valence electrons. The third-order valence-corrected chi connectivity index (χ3v) is 8.14. The Morgan fingerprint density at radius 1 is 1.24 bits per heavy atom. The predicted octanol–water partition coefficient (Wildman–Crippen LogP) is 1.92. The van der Waals surface area contributed by atoms with Crippen molar-refractivity contribution in [1.29, 1.82) is 0 Å². The minimum atomic E-state index is -1.69. The van der Waals surface area contributed by atoms with Crippen LogP contribution in [-0.2, 0) is 22.2 Å². The summed E-state index contributed by atoms with van der Waals surface area (Å²) in [4.78, 5) is 36.5. The number of hydrogen-bond acceptors (Lipinski definition) is 6. The molecule has 2 aliphatic rings. The smallest absolute Gasteiger partial charge is 0.258 e. The van der Waals surface area contributed by atoms with E-state index in [1.807, 2.05) is 6.92 Å². The van der Waals surface area contributed by atoms with Crippen LogP contribution in [0.2, 0.25) is 0 Å². The van der Waals surface area contributed by atoms with Crippen LogP contribution in [0, 0.1) is 5.41 Å². The van der Waals surface area contributed by atoms with E-state index in [1.165, 1.54) is 17.8 Å². The molecule has 2 fully saturated rings. The van der Waals surface area contributed by atoms with Gasteiger partial charge in [-0.2, -0.15) is 0 Å². The number of ether oxygens (including phenoxy) is 1. The second-order valence-corrected chi connectivity index (χ2v) is 10.2. The number of aryl methyl sites for hydroxylation is 1. The molecule has 0 bridgehead atoms. The van der Waals surface area contributed by atoms with Gasteiger partial charge in [-0.25, -0.2) is 9.97 Å². The normalized spacial score (nSPS) is 21.8. The molecule has 3 heterocycles. The van der Waals surface area contributed by atoms with E-state index >= 15 is 0 Å². The molecule has 1 aromatic carbocycles. The number of carbonyl (C=O) groups excluding carboxylic acids is 1. The number of likely N-dealkylation sites (tertiary alicyclic amines) is 1. The summed E-state index contributed by atoms with van der Waals surface area (Å²) in [7, 11) is 14.9. The summed E-state index contributed by atoms with van der Waals surface area (Å²) >= 11 is 0. The van der Waals surface area contributed by atoms with Gasteiger partial charge in [0.2, 0.25) is 5.91 Å². The average Bonchev–Trinajstić information content (AvgIpc) is 3.56. The highest BCUT2D eigenvalue weighted by Crippen LogP contribution is 2.63. The van der Waals surface area contributed by atoms with Crippen molar-refractivity contribution in [2.75, 3.05) is 25.5 Å². The van der Waals surface area contributed by atoms with Gasteiger partial charge in [-0.05, 0) is 37.0 Å². The number of anilines is 1. The number of rotatable bonds is 6. The number of alkyl halides is 1. The van der Waals surface area contributed by atoms with E-state index in [0.717, 1.165) is 12.8 Å². The molecule has 2 unspecified atom stereocenters. The van der Waals surface area contributed by atoms with E-state index in [-0.39, 0.29) is 33.9 Å². The Morgan fingerprint density at radius 2 is 1.95 bits per heavy atom. The van der Waals surface area contributed by atoms with Gasteiger partial charge in [-0.15, -0.1) is 0 Å². The van der Waals surface area contributed by atoms with Gasteiger partial charge in [0.1, 0.15) is 39.1 Å². The molecule has 37 heavy (non-hydrogen) atoms. The first-order valence-electron chi connectivity index (χ1n) is 12.3. The fourth-order valence-corrected chi connectivity index (χ4v) is 5.86. The fourth-order valence-electron chi connectivity index (χ4n) is 5.86. The molecular weight excluding hydrogens is 471 g/mol. The molecule has 1 spiro atoms. The van der Waals surface area contributed by atoms with Gasteiger partial charge in [0.25, 0.3) is 5.56 Å². The summed E-state index contributed by atoms with van der Waals surface area (Å²) in [6, 6.07) is 6.49. The number of carbonyl (C=O) groups is 1. The molecule has 3 atom stereocenters. The van der Waals surface area contributed by atoms with E-state index in [0.29, 0.717) is 41.1 Å². The lowest BCUT2D eigenvalue weighted by Gasteiger charge is -2.34. The monoisotopic (exact) mass is 499 g/mol. The van der Waals surface area contributed by atoms with Gasteiger partial charge in [0.05, 0.1) is 23.6 Å². The Labute approximate surface area is 217 Å². The first-order chi connectivity index (χ1) is 17.5. The van der Waals surface area contributed by atoms with Gasteiger partial charge < -0.3 is 15.0 Å². The van der Waals surface area contributed by atoms with Gasteiger partial charge in [0, 0.05) is 39.1 Å². The molecule has 1 aliphatic heterocycles. The maximum atomic E-state index is 13.9. The van der Waals surface area contributed by atoms with Crippen molar-refractivity contribution in [1.82, 2.24) is 19.4 Å². The molecule has 4 radical (unpaired) electrons. The molecular formula is C26H28B2FN5O3. The summed E-state index contributed by atoms with van der Waals surface area (Å²) in [5.41, 5.74) is 0.619. The van der Waals surface area contributed by atoms with Crippen LogP contribution in [-0.4, -0.2) is 61.2 Å². The zero-order valence-corrected chi connectivity index (χ0v) is 21.4. The SMILES string of the molecule is [B]c1c(C([B])F)cccc1[C@@H](C)Nc1ncnc2c1cc(C1(OC)CN(C(C)=O)CC13CC3)c(=O)n2C. The van der Waals surface area contributed by atoms with Crippen LogP contribution in [0.4, 0.5) is 10.2 Å². The molecule has 8 nitrogen and oxygen atoms in total. The first-order valence-corrected chi connectivity index (χ1v) is 12.3. The molecule has 5 rings (SSSR count). The Balaban J connectivity index is 1.62. The fraction of sp³-hybridized carbons (Fsp3) is 0.462. The summed E-state index contributed by atoms with van der Waals surface area (Å²) in [6.45, 7) is 4.28. The molecule has 1 saturated heterocycles. The molecule has 1 N–H and O–H groups in total. The van der Waals surface area contributed by atoms with E-state index in [4.69, 9.17) is 20.4 Å². The molecule has 1 saturated carbocycles. The number of pyridine rings is 1. The van der Waals surface area contributed by atoms with Crippen LogP contribution < -0.4 is 16.3 Å². The number of fused-ring (bicyclic) bond motifs is 1. The summed E-state index contributed by atoms with van der Waals surface area (Å²) in [6.07, 6.45) is 1.43. The van der Waals surface area contributed by atoms with Crippen LogP contribution in [0.3, 0.4) is 0 Å². The Hall–Kier alpha value is -3.20. The predicted molar refractivity (Wildman–Crippen MR) is 141 cm³/mol. The zero-order valence-electron chi connectivity index (χ0n) is 21.4. The highest BCUT2D eigenvalue weighted by Gasteiger charge is 2.67. The number of halogens is 1. The number of aromatic nitrogens is 3. The lowest BCUT2D eigenvalue weighted by Crippen LogP contribution is -2.44. The first kappa shape index (κ1) is 25.4. The lowest BCUT2D eigenvalue weighted by atomic mass is 9.78. The van der Waals surface area contributed by atoms with Crippen molar-refractivity contribution < 1.29 is 13.9 Å². The van der Waals surface area contributed by atoms with Gasteiger partial charge in [-0.1, -0.05) is 23.7 Å². The van der Waals surface area contributed by atoms with Crippen molar-refractivity contribution >= 4 is 43.9 Å². The quantitative estimate of drug-likeness (QED) is 0.522. The van der Waals surface area contributed by atoms with Crippen molar-refractivity contribution in [3.8, 4) is 0 Å². The van der Waals surface area contributed by atoms with Crippen LogP contribution in [0.1, 0.15) is 55.5 Å². The maximum Gasteiger partial charge on any atom is 0.258 e. The standard InChI is InChI=1S/C26H28B2FN5O3/c1-14(16-6-5-7-17(20(16)27)21(28)29)32-22-18-10-19(24(36)33(3)23(18)31-13-30-22)26(37-4)12-34(15(2)35)11-25(26)8-9-25/h5-7,10,13-14,21H,8-9,11-12H2,1-4H3,(H,30,31,32)/t14-,21?,26?/m1/s1. The van der Waals surface area contributed by atoms with Crippen LogP contribution in [0.15, 0.2) is 35.4 Å². The van der Waals surface area contributed by atoms with Crippen molar-refractivity contribution in [2.24, 2.45) is 12.5 Å². The number of methoxy groups -OCH3 is 1. The van der Waals surface area contributed by atoms with E-state index < -0.39 is 11.7 Å². The van der Waals surface area contributed by atoms with Gasteiger partial charge in [0.15, 0.2) is 0 Å². The number of nitrogens with one attached hydrogen (secondary N) is 1. The lowest BCUT2D eigenvalue weighted by molar-refractivity contribution is -0.129. The molecule has 2 aromatic heterocycles. The minimum absolute atomic E-state index is 0.0462. The number of hydrogen-bond donors (Lipinski definition) is 1. The molecule has 3 aromatic rings. The largest absolute Gasteiger partial charge is 0.371 e. The third kappa shape index (κ3) is 3.86. The number of amides is 1. The van der Waals surface area contributed by atoms with Crippen LogP contribution in [0.25, 0.3) is 11.0 Å². The summed E-state index contributed by atoms with van der Waals surface area (Å²) in [5.74, 6) is 0.441. The topological polar surface area (TPSA) is 89.4 Å². The Kier molecular flexibility index (Phi) is 6.17. The maximum absolute atomic E-state index is 13.9. The van der Waals surface area contributed by atoms with Crippen molar-refractivity contribution in [3.05, 3.63) is 57.6 Å². The highest BCUT2D eigenvalue weighted by atomic mass is 19.1. The van der Waals surface area contributed by atoms with Gasteiger partial charge in [-0.3, -0.25) is 18.5 Å². The van der Waals surface area contributed by atoms with Crippen molar-refractivity contribution in [3.63, 3.8) is 0 Å². The summed E-state index contributed by atoms with van der Waals surface area (Å²) < 4.78 is 21.5. The third-order valence-electron chi connectivity index (χ3n) is 8.14. The van der Waals surface area contributed by atoms with Crippen molar-refractivity contribution in [2.45, 2.75) is 44.4 Å².